The van der Waals surface area contributed by atoms with Crippen LogP contribution in [0.2, 0.25) is 0 Å². The van der Waals surface area contributed by atoms with Crippen LogP contribution in [0.3, 0.4) is 0 Å². The van der Waals surface area contributed by atoms with Crippen LogP contribution in [-0.2, 0) is 16.1 Å². The van der Waals surface area contributed by atoms with Gasteiger partial charge in [0.2, 0.25) is 0 Å². The first-order chi connectivity index (χ1) is 8.51. The van der Waals surface area contributed by atoms with E-state index >= 15 is 0 Å². The molecule has 0 heterocycles. The van der Waals surface area contributed by atoms with Gasteiger partial charge in [0.1, 0.15) is 5.78 Å². The van der Waals surface area contributed by atoms with E-state index in [2.05, 4.69) is 15.9 Å². The highest BCUT2D eigenvalue weighted by molar-refractivity contribution is 9.09. The number of Topliss-reactive ketones (excluding diaryl/α,β-unsaturated/α-hetero) is 1. The first-order valence-corrected chi connectivity index (χ1v) is 6.48. The Bertz CT molecular complexity index is 456. The zero-order valence-electron chi connectivity index (χ0n) is 10.3. The van der Waals surface area contributed by atoms with Crippen LogP contribution in [0, 0.1) is 0 Å². The fraction of sp³-hybridized carbons (Fsp3) is 0.385. The summed E-state index contributed by atoms with van der Waals surface area (Å²) in [5.41, 5.74) is 1.50. The van der Waals surface area contributed by atoms with Crippen molar-refractivity contribution in [1.82, 2.24) is 0 Å². The Morgan fingerprint density at radius 3 is 2.61 bits per heavy atom. The predicted molar refractivity (Wildman–Crippen MR) is 70.7 cm³/mol. The van der Waals surface area contributed by atoms with Crippen LogP contribution in [0.5, 0.6) is 0 Å². The van der Waals surface area contributed by atoms with Crippen LogP contribution in [-0.4, -0.2) is 23.5 Å². The van der Waals surface area contributed by atoms with E-state index in [0.29, 0.717) is 16.7 Å². The molecule has 0 radical (unpaired) electrons. The van der Waals surface area contributed by atoms with Gasteiger partial charge in [0, 0.05) is 0 Å². The second-order valence-electron chi connectivity index (χ2n) is 3.77. The standard InChI is InChI=1S/C13H15BrO4/c1-3-18-13(17)10-5-4-9(7-15)6-11(10)12(14)8(2)16/h4-6,12,15H,3,7H2,1-2H3. The van der Waals surface area contributed by atoms with E-state index in [1.165, 1.54) is 6.92 Å². The summed E-state index contributed by atoms with van der Waals surface area (Å²) >= 11 is 3.24. The summed E-state index contributed by atoms with van der Waals surface area (Å²) in [7, 11) is 0. The Hall–Kier alpha value is -1.20. The van der Waals surface area contributed by atoms with Crippen molar-refractivity contribution in [2.45, 2.75) is 25.3 Å². The zero-order valence-corrected chi connectivity index (χ0v) is 11.9. The molecule has 0 aliphatic carbocycles. The topological polar surface area (TPSA) is 63.6 Å². The summed E-state index contributed by atoms with van der Waals surface area (Å²) in [6, 6.07) is 4.83. The van der Waals surface area contributed by atoms with Crippen LogP contribution in [0.15, 0.2) is 18.2 Å². The van der Waals surface area contributed by atoms with E-state index < -0.39 is 10.8 Å². The molecule has 0 aliphatic rings. The molecular formula is C13H15BrO4. The van der Waals surface area contributed by atoms with Crippen LogP contribution < -0.4 is 0 Å². The molecule has 0 saturated heterocycles. The van der Waals surface area contributed by atoms with Crippen molar-refractivity contribution in [3.63, 3.8) is 0 Å². The van der Waals surface area contributed by atoms with Crippen LogP contribution >= 0.6 is 15.9 Å². The Morgan fingerprint density at radius 1 is 1.44 bits per heavy atom. The highest BCUT2D eigenvalue weighted by atomic mass is 79.9. The number of carbonyl (C=O) groups excluding carboxylic acids is 2. The number of rotatable bonds is 5. The highest BCUT2D eigenvalue weighted by Crippen LogP contribution is 2.28. The Labute approximate surface area is 114 Å². The lowest BCUT2D eigenvalue weighted by atomic mass is 10.00. The van der Waals surface area contributed by atoms with Crippen LogP contribution in [0.4, 0.5) is 0 Å². The molecule has 98 valence electrons. The van der Waals surface area contributed by atoms with Crippen molar-refractivity contribution in [2.75, 3.05) is 6.61 Å². The Kier molecular flexibility index (Phi) is 5.50. The second kappa shape index (κ2) is 6.66. The van der Waals surface area contributed by atoms with Crippen molar-refractivity contribution in [3.8, 4) is 0 Å². The van der Waals surface area contributed by atoms with Gasteiger partial charge in [-0.25, -0.2) is 4.79 Å². The number of halogens is 1. The van der Waals surface area contributed by atoms with E-state index in [-0.39, 0.29) is 19.0 Å². The van der Waals surface area contributed by atoms with E-state index in [1.807, 2.05) is 0 Å². The molecule has 1 rings (SSSR count). The van der Waals surface area contributed by atoms with Gasteiger partial charge < -0.3 is 9.84 Å². The first kappa shape index (κ1) is 14.9. The number of aliphatic hydroxyl groups excluding tert-OH is 1. The fourth-order valence-electron chi connectivity index (χ4n) is 1.53. The third kappa shape index (κ3) is 3.40. The molecule has 0 bridgehead atoms. The number of alkyl halides is 1. The number of benzene rings is 1. The third-order valence-corrected chi connectivity index (χ3v) is 3.56. The molecule has 0 fully saturated rings. The maximum Gasteiger partial charge on any atom is 0.338 e. The average Bonchev–Trinajstić information content (AvgIpc) is 2.37. The van der Waals surface area contributed by atoms with Gasteiger partial charge >= 0.3 is 5.97 Å². The largest absolute Gasteiger partial charge is 0.462 e. The van der Waals surface area contributed by atoms with Crippen LogP contribution in [0.25, 0.3) is 0 Å². The van der Waals surface area contributed by atoms with E-state index in [4.69, 9.17) is 9.84 Å². The number of carbonyl (C=O) groups is 2. The summed E-state index contributed by atoms with van der Waals surface area (Å²) in [6.45, 7) is 3.27. The van der Waals surface area contributed by atoms with Gasteiger partial charge in [-0.05, 0) is 31.0 Å². The highest BCUT2D eigenvalue weighted by Gasteiger charge is 2.21. The number of ketones is 1. The molecule has 5 heteroatoms. The lowest BCUT2D eigenvalue weighted by molar-refractivity contribution is -0.116. The van der Waals surface area contributed by atoms with Crippen molar-refractivity contribution in [2.24, 2.45) is 0 Å². The number of esters is 1. The zero-order chi connectivity index (χ0) is 13.7. The molecule has 0 saturated carbocycles. The van der Waals surface area contributed by atoms with Gasteiger partial charge in [0.15, 0.2) is 0 Å². The molecule has 4 nitrogen and oxygen atoms in total. The summed E-state index contributed by atoms with van der Waals surface area (Å²) in [5, 5.41) is 9.10. The third-order valence-electron chi connectivity index (χ3n) is 2.42. The fourth-order valence-corrected chi connectivity index (χ4v) is 1.91. The van der Waals surface area contributed by atoms with E-state index in [1.54, 1.807) is 25.1 Å². The molecule has 0 spiro atoms. The minimum absolute atomic E-state index is 0.115. The van der Waals surface area contributed by atoms with Crippen molar-refractivity contribution in [1.29, 1.82) is 0 Å². The normalized spacial score (nSPS) is 12.0. The second-order valence-corrected chi connectivity index (χ2v) is 4.69. The minimum Gasteiger partial charge on any atom is -0.462 e. The number of hydrogen-bond donors (Lipinski definition) is 1. The number of hydrogen-bond acceptors (Lipinski definition) is 4. The van der Waals surface area contributed by atoms with Gasteiger partial charge in [-0.2, -0.15) is 0 Å². The molecule has 1 unspecified atom stereocenters. The molecule has 0 aromatic heterocycles. The first-order valence-electron chi connectivity index (χ1n) is 5.56. The molecule has 0 amide bonds. The molecule has 1 atom stereocenters. The van der Waals surface area contributed by atoms with Gasteiger partial charge in [-0.15, -0.1) is 0 Å². The van der Waals surface area contributed by atoms with Crippen molar-refractivity contribution < 1.29 is 19.4 Å². The lowest BCUT2D eigenvalue weighted by Gasteiger charge is -2.13. The van der Waals surface area contributed by atoms with Gasteiger partial charge in [-0.3, -0.25) is 4.79 Å². The lowest BCUT2D eigenvalue weighted by Crippen LogP contribution is -2.12. The molecule has 18 heavy (non-hydrogen) atoms. The van der Waals surface area contributed by atoms with Gasteiger partial charge in [0.25, 0.3) is 0 Å². The average molecular weight is 315 g/mol. The van der Waals surface area contributed by atoms with Crippen LogP contribution in [0.1, 0.15) is 40.2 Å². The molecular weight excluding hydrogens is 300 g/mol. The van der Waals surface area contributed by atoms with E-state index in [9.17, 15) is 9.59 Å². The SMILES string of the molecule is CCOC(=O)c1ccc(CO)cc1C(Br)C(C)=O. The quantitative estimate of drug-likeness (QED) is 0.669. The van der Waals surface area contributed by atoms with Gasteiger partial charge in [0.05, 0.1) is 23.6 Å². The van der Waals surface area contributed by atoms with E-state index in [0.717, 1.165) is 0 Å². The maximum absolute atomic E-state index is 11.8. The van der Waals surface area contributed by atoms with Gasteiger partial charge in [-0.1, -0.05) is 28.1 Å². The molecule has 1 aromatic carbocycles. The molecule has 1 N–H and O–H groups in total. The predicted octanol–water partition coefficient (Wildman–Crippen LogP) is 2.38. The number of aliphatic hydroxyl groups is 1. The monoisotopic (exact) mass is 314 g/mol. The Morgan fingerprint density at radius 2 is 2.11 bits per heavy atom. The summed E-state index contributed by atoms with van der Waals surface area (Å²) in [4.78, 5) is 22.6. The molecule has 0 aliphatic heterocycles. The molecule has 1 aromatic rings. The summed E-state index contributed by atoms with van der Waals surface area (Å²) < 4.78 is 4.94. The smallest absolute Gasteiger partial charge is 0.338 e. The van der Waals surface area contributed by atoms with Crippen molar-refractivity contribution >= 4 is 27.7 Å². The number of ether oxygens (including phenoxy) is 1. The summed E-state index contributed by atoms with van der Waals surface area (Å²) in [5.74, 6) is -0.585. The Balaban J connectivity index is 3.24. The van der Waals surface area contributed by atoms with Crippen molar-refractivity contribution in [3.05, 3.63) is 34.9 Å². The maximum atomic E-state index is 11.8. The minimum atomic E-state index is -0.580. The summed E-state index contributed by atoms with van der Waals surface area (Å²) in [6.07, 6.45) is 0.